The number of pyridine rings is 1. The molecule has 0 aliphatic rings. The molecule has 0 radical (unpaired) electrons. The maximum Gasteiger partial charge on any atom is 0.273 e. The third-order valence-electron chi connectivity index (χ3n) is 2.41. The molecule has 3 nitrogen and oxygen atoms in total. The van der Waals surface area contributed by atoms with E-state index < -0.39 is 0 Å². The zero-order valence-electron chi connectivity index (χ0n) is 10.8. The van der Waals surface area contributed by atoms with Crippen LogP contribution < -0.4 is 0 Å². The van der Waals surface area contributed by atoms with E-state index in [1.54, 1.807) is 6.20 Å². The average Bonchev–Trinajstić information content (AvgIpc) is 2.25. The number of amides is 1. The summed E-state index contributed by atoms with van der Waals surface area (Å²) in [5.41, 5.74) is 0.488. The lowest BCUT2D eigenvalue weighted by atomic mass is 10.1. The standard InChI is InChI=1S/C13H19BrN2O/c1-9(2)8-16(10(3)4)13(17)12-11(14)6-5-7-15-12/h5-7,9-10H,8H2,1-4H3. The van der Waals surface area contributed by atoms with Crippen molar-refractivity contribution in [2.45, 2.75) is 33.7 Å². The number of hydrogen-bond donors (Lipinski definition) is 0. The van der Waals surface area contributed by atoms with Crippen LogP contribution in [0.25, 0.3) is 0 Å². The van der Waals surface area contributed by atoms with Gasteiger partial charge in [-0.2, -0.15) is 0 Å². The number of hydrogen-bond acceptors (Lipinski definition) is 2. The number of rotatable bonds is 4. The molecule has 1 aromatic rings. The minimum Gasteiger partial charge on any atom is -0.335 e. The molecule has 0 bridgehead atoms. The first-order valence-corrected chi connectivity index (χ1v) is 6.64. The monoisotopic (exact) mass is 298 g/mol. The molecule has 17 heavy (non-hydrogen) atoms. The molecule has 0 spiro atoms. The highest BCUT2D eigenvalue weighted by molar-refractivity contribution is 9.10. The number of halogens is 1. The molecule has 0 saturated heterocycles. The first kappa shape index (κ1) is 14.2. The van der Waals surface area contributed by atoms with Gasteiger partial charge in [0.2, 0.25) is 0 Å². The third-order valence-corrected chi connectivity index (χ3v) is 3.05. The van der Waals surface area contributed by atoms with Crippen LogP contribution in [0, 0.1) is 5.92 Å². The number of carbonyl (C=O) groups is 1. The van der Waals surface area contributed by atoms with Crippen molar-refractivity contribution in [1.29, 1.82) is 0 Å². The normalized spacial score (nSPS) is 11.0. The molecule has 0 saturated carbocycles. The Morgan fingerprint density at radius 2 is 2.06 bits per heavy atom. The van der Waals surface area contributed by atoms with Crippen molar-refractivity contribution in [3.63, 3.8) is 0 Å². The Hall–Kier alpha value is -0.900. The summed E-state index contributed by atoms with van der Waals surface area (Å²) >= 11 is 3.37. The molecule has 1 rings (SSSR count). The lowest BCUT2D eigenvalue weighted by Crippen LogP contribution is -2.40. The second kappa shape index (κ2) is 6.15. The highest BCUT2D eigenvalue weighted by atomic mass is 79.9. The van der Waals surface area contributed by atoms with E-state index in [2.05, 4.69) is 34.8 Å². The first-order chi connectivity index (χ1) is 7.93. The Labute approximate surface area is 111 Å². The predicted molar refractivity (Wildman–Crippen MR) is 72.9 cm³/mol. The van der Waals surface area contributed by atoms with E-state index in [1.807, 2.05) is 30.9 Å². The maximum absolute atomic E-state index is 12.4. The summed E-state index contributed by atoms with van der Waals surface area (Å²) in [6.45, 7) is 9.01. The molecule has 94 valence electrons. The summed E-state index contributed by atoms with van der Waals surface area (Å²) in [6, 6.07) is 3.83. The maximum atomic E-state index is 12.4. The number of nitrogens with zero attached hydrogens (tertiary/aromatic N) is 2. The van der Waals surface area contributed by atoms with Crippen molar-refractivity contribution in [3.05, 3.63) is 28.5 Å². The van der Waals surface area contributed by atoms with Gasteiger partial charge in [0.25, 0.3) is 5.91 Å². The molecule has 0 aliphatic heterocycles. The van der Waals surface area contributed by atoms with Crippen LogP contribution in [-0.2, 0) is 0 Å². The molecule has 0 fully saturated rings. The Morgan fingerprint density at radius 3 is 2.53 bits per heavy atom. The van der Waals surface area contributed by atoms with Gasteiger partial charge in [0, 0.05) is 23.3 Å². The van der Waals surface area contributed by atoms with Gasteiger partial charge in [-0.3, -0.25) is 4.79 Å². The molecule has 1 aromatic heterocycles. The lowest BCUT2D eigenvalue weighted by molar-refractivity contribution is 0.0675. The Bertz CT molecular complexity index is 391. The van der Waals surface area contributed by atoms with E-state index in [0.29, 0.717) is 11.6 Å². The van der Waals surface area contributed by atoms with Gasteiger partial charge in [-0.15, -0.1) is 0 Å². The first-order valence-electron chi connectivity index (χ1n) is 5.85. The van der Waals surface area contributed by atoms with Crippen molar-refractivity contribution in [2.24, 2.45) is 5.92 Å². The van der Waals surface area contributed by atoms with Crippen LogP contribution in [-0.4, -0.2) is 28.4 Å². The van der Waals surface area contributed by atoms with Crippen LogP contribution in [0.1, 0.15) is 38.2 Å². The minimum absolute atomic E-state index is 0.0128. The summed E-state index contributed by atoms with van der Waals surface area (Å²) in [5.74, 6) is 0.435. The van der Waals surface area contributed by atoms with Gasteiger partial charge in [0.05, 0.1) is 0 Å². The molecule has 1 heterocycles. The second-order valence-corrected chi connectivity index (χ2v) is 5.63. The average molecular weight is 299 g/mol. The van der Waals surface area contributed by atoms with Gasteiger partial charge in [-0.05, 0) is 47.8 Å². The Morgan fingerprint density at radius 1 is 1.41 bits per heavy atom. The number of carbonyl (C=O) groups excluding carboxylic acids is 1. The van der Waals surface area contributed by atoms with E-state index in [0.717, 1.165) is 11.0 Å². The van der Waals surface area contributed by atoms with Gasteiger partial charge in [0.15, 0.2) is 0 Å². The molecule has 0 N–H and O–H groups in total. The summed E-state index contributed by atoms with van der Waals surface area (Å²) in [6.07, 6.45) is 1.64. The molecule has 1 amide bonds. The highest BCUT2D eigenvalue weighted by Crippen LogP contribution is 2.17. The molecule has 0 unspecified atom stereocenters. The van der Waals surface area contributed by atoms with Crippen LogP contribution in [0.5, 0.6) is 0 Å². The van der Waals surface area contributed by atoms with Crippen molar-refractivity contribution in [3.8, 4) is 0 Å². The quantitative estimate of drug-likeness (QED) is 0.854. The Balaban J connectivity index is 2.96. The molecule has 4 heteroatoms. The van der Waals surface area contributed by atoms with E-state index in [1.165, 1.54) is 0 Å². The van der Waals surface area contributed by atoms with Crippen LogP contribution >= 0.6 is 15.9 Å². The molecule has 0 aliphatic carbocycles. The van der Waals surface area contributed by atoms with Gasteiger partial charge in [-0.1, -0.05) is 13.8 Å². The van der Waals surface area contributed by atoms with Crippen LogP contribution in [0.3, 0.4) is 0 Å². The molecular formula is C13H19BrN2O. The largest absolute Gasteiger partial charge is 0.335 e. The van der Waals surface area contributed by atoms with E-state index in [9.17, 15) is 4.79 Å². The van der Waals surface area contributed by atoms with Gasteiger partial charge in [-0.25, -0.2) is 4.98 Å². The fourth-order valence-corrected chi connectivity index (χ4v) is 2.03. The highest BCUT2D eigenvalue weighted by Gasteiger charge is 2.22. The molecule has 0 atom stereocenters. The van der Waals surface area contributed by atoms with Crippen molar-refractivity contribution >= 4 is 21.8 Å². The fraction of sp³-hybridized carbons (Fsp3) is 0.538. The summed E-state index contributed by atoms with van der Waals surface area (Å²) < 4.78 is 0.749. The molecule has 0 aromatic carbocycles. The zero-order valence-corrected chi connectivity index (χ0v) is 12.4. The van der Waals surface area contributed by atoms with E-state index in [-0.39, 0.29) is 11.9 Å². The topological polar surface area (TPSA) is 33.2 Å². The van der Waals surface area contributed by atoms with Crippen molar-refractivity contribution in [1.82, 2.24) is 9.88 Å². The van der Waals surface area contributed by atoms with Gasteiger partial charge in [0.1, 0.15) is 5.69 Å². The van der Waals surface area contributed by atoms with Crippen molar-refractivity contribution < 1.29 is 4.79 Å². The van der Waals surface area contributed by atoms with Crippen LogP contribution in [0.4, 0.5) is 0 Å². The van der Waals surface area contributed by atoms with Gasteiger partial charge >= 0.3 is 0 Å². The Kier molecular flexibility index (Phi) is 5.12. The van der Waals surface area contributed by atoms with Crippen LogP contribution in [0.15, 0.2) is 22.8 Å². The zero-order chi connectivity index (χ0) is 13.0. The second-order valence-electron chi connectivity index (χ2n) is 4.78. The van der Waals surface area contributed by atoms with E-state index in [4.69, 9.17) is 0 Å². The SMILES string of the molecule is CC(C)CN(C(=O)c1ncccc1Br)C(C)C. The van der Waals surface area contributed by atoms with Gasteiger partial charge < -0.3 is 4.90 Å². The minimum atomic E-state index is -0.0128. The van der Waals surface area contributed by atoms with E-state index >= 15 is 0 Å². The summed E-state index contributed by atoms with van der Waals surface area (Å²) in [7, 11) is 0. The summed E-state index contributed by atoms with van der Waals surface area (Å²) in [4.78, 5) is 18.4. The smallest absolute Gasteiger partial charge is 0.273 e. The van der Waals surface area contributed by atoms with Crippen molar-refractivity contribution in [2.75, 3.05) is 6.54 Å². The third kappa shape index (κ3) is 3.80. The summed E-state index contributed by atoms with van der Waals surface area (Å²) in [5, 5.41) is 0. The van der Waals surface area contributed by atoms with Crippen LogP contribution in [0.2, 0.25) is 0 Å². The molecular weight excluding hydrogens is 280 g/mol. The predicted octanol–water partition coefficient (Wildman–Crippen LogP) is 3.35. The lowest BCUT2D eigenvalue weighted by Gasteiger charge is -2.28. The fourth-order valence-electron chi connectivity index (χ4n) is 1.60. The number of aromatic nitrogens is 1.